The van der Waals surface area contributed by atoms with Crippen molar-refractivity contribution in [1.82, 2.24) is 4.98 Å². The molecule has 0 aliphatic heterocycles. The van der Waals surface area contributed by atoms with Crippen LogP contribution >= 0.6 is 0 Å². The number of hydrogen-bond donors (Lipinski definition) is 0. The molecule has 0 saturated heterocycles. The number of nitrogens with zero attached hydrogens (tertiary/aromatic N) is 2. The van der Waals surface area contributed by atoms with E-state index in [0.717, 1.165) is 65.5 Å². The van der Waals surface area contributed by atoms with E-state index in [1.165, 1.54) is 62.6 Å². The molecule has 0 N–H and O–H groups in total. The van der Waals surface area contributed by atoms with Gasteiger partial charge in [0, 0.05) is 29.9 Å². The average Bonchev–Trinajstić information content (AvgIpc) is 3.10. The third kappa shape index (κ3) is 11.2. The number of anilines is 1. The minimum Gasteiger partial charge on any atom is -0.493 e. The molecule has 0 spiro atoms. The molecule has 4 heteroatoms. The Morgan fingerprint density at radius 1 is 0.574 bits per heavy atom. The molecule has 252 valence electrons. The lowest BCUT2D eigenvalue weighted by Gasteiger charge is -2.25. The molecule has 1 heterocycles. The van der Waals surface area contributed by atoms with E-state index in [1.54, 1.807) is 0 Å². The lowest BCUT2D eigenvalue weighted by Crippen LogP contribution is -2.27. The molecule has 47 heavy (non-hydrogen) atoms. The van der Waals surface area contributed by atoms with Gasteiger partial charge in [-0.2, -0.15) is 0 Å². The van der Waals surface area contributed by atoms with Crippen molar-refractivity contribution in [3.8, 4) is 45.1 Å². The first kappa shape index (κ1) is 36.1. The van der Waals surface area contributed by atoms with Crippen molar-refractivity contribution >= 4 is 5.69 Å². The van der Waals surface area contributed by atoms with Crippen LogP contribution in [0, 0.1) is 5.92 Å². The number of benzene rings is 3. The normalized spacial score (nSPS) is 11.2. The molecule has 4 aromatic rings. The zero-order valence-corrected chi connectivity index (χ0v) is 29.8. The highest BCUT2D eigenvalue weighted by atomic mass is 16.5. The van der Waals surface area contributed by atoms with Gasteiger partial charge in [-0.05, 0) is 85.3 Å². The van der Waals surface area contributed by atoms with Gasteiger partial charge in [-0.15, -0.1) is 0 Å². The number of pyridine rings is 1. The Balaban J connectivity index is 1.69. The van der Waals surface area contributed by atoms with Gasteiger partial charge in [0.2, 0.25) is 0 Å². The molecule has 0 amide bonds. The summed E-state index contributed by atoms with van der Waals surface area (Å²) in [7, 11) is 0. The number of unbranched alkanes of at least 4 members (excludes halogenated alkanes) is 8. The SMILES string of the molecule is CCCCCCCOc1ccccc1-c1cc(-c2ccc(N(CC)CC(C)C)cc2)cc(-c2ccccc2OCCCCCCC)n1. The van der Waals surface area contributed by atoms with Crippen LogP contribution in [0.4, 0.5) is 5.69 Å². The summed E-state index contributed by atoms with van der Waals surface area (Å²) in [6.45, 7) is 14.8. The molecule has 0 aliphatic carbocycles. The topological polar surface area (TPSA) is 34.6 Å². The number of hydrogen-bond acceptors (Lipinski definition) is 4. The third-order valence-corrected chi connectivity index (χ3v) is 8.70. The van der Waals surface area contributed by atoms with Crippen LogP contribution in [-0.4, -0.2) is 31.3 Å². The van der Waals surface area contributed by atoms with E-state index in [1.807, 2.05) is 0 Å². The van der Waals surface area contributed by atoms with Crippen molar-refractivity contribution in [2.24, 2.45) is 5.92 Å². The van der Waals surface area contributed by atoms with Crippen LogP contribution in [0.2, 0.25) is 0 Å². The Morgan fingerprint density at radius 3 is 1.53 bits per heavy atom. The maximum Gasteiger partial charge on any atom is 0.128 e. The molecular weight excluding hydrogens is 576 g/mol. The quantitative estimate of drug-likeness (QED) is 0.0854. The lowest BCUT2D eigenvalue weighted by atomic mass is 9.99. The summed E-state index contributed by atoms with van der Waals surface area (Å²) in [6.07, 6.45) is 12.1. The van der Waals surface area contributed by atoms with Gasteiger partial charge in [0.25, 0.3) is 0 Å². The van der Waals surface area contributed by atoms with Crippen LogP contribution in [-0.2, 0) is 0 Å². The number of para-hydroxylation sites is 2. The van der Waals surface area contributed by atoms with Crippen LogP contribution in [0.1, 0.15) is 98.8 Å². The summed E-state index contributed by atoms with van der Waals surface area (Å²) in [5.74, 6) is 2.38. The van der Waals surface area contributed by atoms with Gasteiger partial charge in [-0.3, -0.25) is 0 Å². The third-order valence-electron chi connectivity index (χ3n) is 8.70. The van der Waals surface area contributed by atoms with Gasteiger partial charge in [0.05, 0.1) is 24.6 Å². The maximum atomic E-state index is 6.40. The summed E-state index contributed by atoms with van der Waals surface area (Å²) in [6, 6.07) is 30.1. The Bertz CT molecular complexity index is 1390. The second-order valence-electron chi connectivity index (χ2n) is 13.1. The van der Waals surface area contributed by atoms with Crippen molar-refractivity contribution in [3.63, 3.8) is 0 Å². The Hall–Kier alpha value is -3.79. The highest BCUT2D eigenvalue weighted by Gasteiger charge is 2.16. The zero-order valence-electron chi connectivity index (χ0n) is 29.8. The molecule has 0 unspecified atom stereocenters. The van der Waals surface area contributed by atoms with Gasteiger partial charge >= 0.3 is 0 Å². The van der Waals surface area contributed by atoms with Crippen molar-refractivity contribution in [2.45, 2.75) is 98.8 Å². The van der Waals surface area contributed by atoms with Crippen LogP contribution in [0.5, 0.6) is 11.5 Å². The highest BCUT2D eigenvalue weighted by molar-refractivity contribution is 5.80. The zero-order chi connectivity index (χ0) is 33.3. The van der Waals surface area contributed by atoms with Gasteiger partial charge in [-0.1, -0.05) is 115 Å². The second-order valence-corrected chi connectivity index (χ2v) is 13.1. The molecule has 4 rings (SSSR count). The Morgan fingerprint density at radius 2 is 1.06 bits per heavy atom. The van der Waals surface area contributed by atoms with Crippen LogP contribution < -0.4 is 14.4 Å². The van der Waals surface area contributed by atoms with Crippen LogP contribution in [0.25, 0.3) is 33.6 Å². The molecule has 0 atom stereocenters. The minimum absolute atomic E-state index is 0.609. The fourth-order valence-electron chi connectivity index (χ4n) is 6.08. The second kappa shape index (κ2) is 19.8. The molecule has 0 fully saturated rings. The number of rotatable bonds is 21. The molecule has 3 aromatic carbocycles. The van der Waals surface area contributed by atoms with E-state index >= 15 is 0 Å². The fourth-order valence-corrected chi connectivity index (χ4v) is 6.08. The van der Waals surface area contributed by atoms with E-state index in [2.05, 4.69) is 124 Å². The first-order valence-electron chi connectivity index (χ1n) is 18.4. The van der Waals surface area contributed by atoms with Gasteiger partial charge in [0.15, 0.2) is 0 Å². The Kier molecular flexibility index (Phi) is 15.2. The fraction of sp³-hybridized carbons (Fsp3) is 0.465. The van der Waals surface area contributed by atoms with E-state index in [0.29, 0.717) is 19.1 Å². The summed E-state index contributed by atoms with van der Waals surface area (Å²) < 4.78 is 12.8. The largest absolute Gasteiger partial charge is 0.493 e. The molecule has 4 nitrogen and oxygen atoms in total. The molecular formula is C43H58N2O2. The monoisotopic (exact) mass is 634 g/mol. The van der Waals surface area contributed by atoms with Gasteiger partial charge in [-0.25, -0.2) is 4.98 Å². The first-order valence-corrected chi connectivity index (χ1v) is 18.4. The van der Waals surface area contributed by atoms with E-state index in [4.69, 9.17) is 14.5 Å². The Labute approximate surface area is 285 Å². The molecule has 0 radical (unpaired) electrons. The van der Waals surface area contributed by atoms with Crippen molar-refractivity contribution in [3.05, 3.63) is 84.9 Å². The summed E-state index contributed by atoms with van der Waals surface area (Å²) in [4.78, 5) is 7.73. The van der Waals surface area contributed by atoms with Gasteiger partial charge in [0.1, 0.15) is 11.5 Å². The minimum atomic E-state index is 0.609. The first-order chi connectivity index (χ1) is 23.0. The standard InChI is InChI=1S/C43H58N2O2/c1-6-9-11-13-19-29-46-42-23-17-15-21-38(42)40-31-36(35-25-27-37(28-26-35)45(8-3)33-34(4)5)32-41(44-40)39-22-16-18-24-43(39)47-30-20-14-12-10-7-2/h15-18,21-28,31-32,34H,6-14,19-20,29-30,33H2,1-5H3. The van der Waals surface area contributed by atoms with Crippen molar-refractivity contribution in [1.29, 1.82) is 0 Å². The lowest BCUT2D eigenvalue weighted by molar-refractivity contribution is 0.305. The highest BCUT2D eigenvalue weighted by Crippen LogP contribution is 2.37. The van der Waals surface area contributed by atoms with Crippen LogP contribution in [0.3, 0.4) is 0 Å². The average molecular weight is 635 g/mol. The molecule has 0 bridgehead atoms. The number of aromatic nitrogens is 1. The van der Waals surface area contributed by atoms with E-state index < -0.39 is 0 Å². The molecule has 0 saturated carbocycles. The molecule has 1 aromatic heterocycles. The van der Waals surface area contributed by atoms with Crippen molar-refractivity contribution < 1.29 is 9.47 Å². The van der Waals surface area contributed by atoms with E-state index in [-0.39, 0.29) is 0 Å². The predicted molar refractivity (Wildman–Crippen MR) is 202 cm³/mol. The van der Waals surface area contributed by atoms with E-state index in [9.17, 15) is 0 Å². The maximum absolute atomic E-state index is 6.40. The van der Waals surface area contributed by atoms with Crippen LogP contribution in [0.15, 0.2) is 84.9 Å². The summed E-state index contributed by atoms with van der Waals surface area (Å²) >= 11 is 0. The number of ether oxygens (including phenoxy) is 2. The molecule has 0 aliphatic rings. The summed E-state index contributed by atoms with van der Waals surface area (Å²) in [5.41, 5.74) is 7.42. The summed E-state index contributed by atoms with van der Waals surface area (Å²) in [5, 5.41) is 0. The van der Waals surface area contributed by atoms with Crippen molar-refractivity contribution in [2.75, 3.05) is 31.2 Å². The predicted octanol–water partition coefficient (Wildman–Crippen LogP) is 12.3. The van der Waals surface area contributed by atoms with Gasteiger partial charge < -0.3 is 14.4 Å². The smallest absolute Gasteiger partial charge is 0.128 e.